The van der Waals surface area contributed by atoms with E-state index in [4.69, 9.17) is 9.72 Å². The molecular weight excluding hydrogens is 250 g/mol. The summed E-state index contributed by atoms with van der Waals surface area (Å²) in [5, 5.41) is 3.58. The molecule has 2 aliphatic rings. The molecule has 1 aliphatic heterocycles. The minimum Gasteiger partial charge on any atom is -0.372 e. The monoisotopic (exact) mass is 275 g/mol. The molecule has 1 N–H and O–H groups in total. The minimum atomic E-state index is 0.272. The number of aryl methyl sites for hydroxylation is 1. The highest BCUT2D eigenvalue weighted by Gasteiger charge is 2.24. The zero-order valence-corrected chi connectivity index (χ0v) is 12.7. The maximum atomic E-state index is 5.80. The molecule has 0 bridgehead atoms. The van der Waals surface area contributed by atoms with Crippen LogP contribution in [0.5, 0.6) is 0 Å². The molecule has 2 heterocycles. The van der Waals surface area contributed by atoms with E-state index >= 15 is 0 Å². The Balaban J connectivity index is 1.73. The summed E-state index contributed by atoms with van der Waals surface area (Å²) in [5.74, 6) is 1.10. The van der Waals surface area contributed by atoms with Crippen molar-refractivity contribution in [3.8, 4) is 0 Å². The molecule has 1 aliphatic carbocycles. The lowest BCUT2D eigenvalue weighted by Gasteiger charge is -2.36. The van der Waals surface area contributed by atoms with Gasteiger partial charge in [0.05, 0.1) is 12.2 Å². The quantitative estimate of drug-likeness (QED) is 0.914. The highest BCUT2D eigenvalue weighted by molar-refractivity contribution is 5.43. The van der Waals surface area contributed by atoms with Gasteiger partial charge >= 0.3 is 0 Å². The highest BCUT2D eigenvalue weighted by atomic mass is 16.5. The normalized spacial score (nSPS) is 26.9. The fourth-order valence-electron chi connectivity index (χ4n) is 2.90. The highest BCUT2D eigenvalue weighted by Crippen LogP contribution is 2.22. The van der Waals surface area contributed by atoms with Gasteiger partial charge in [-0.2, -0.15) is 0 Å². The van der Waals surface area contributed by atoms with Crippen LogP contribution in [0.3, 0.4) is 0 Å². The molecule has 0 amide bonds. The van der Waals surface area contributed by atoms with Gasteiger partial charge in [-0.05, 0) is 51.3 Å². The standard InChI is InChI=1S/C16H25N3O/c1-11-6-14(8-17-15-4-5-15)7-16(18-11)19-9-12(2)20-13(3)10-19/h6-7,12-13,15,17H,4-5,8-10H2,1-3H3/t12-,13+. The van der Waals surface area contributed by atoms with E-state index in [2.05, 4.69) is 43.1 Å². The van der Waals surface area contributed by atoms with Crippen LogP contribution in [0.2, 0.25) is 0 Å². The molecule has 4 heteroatoms. The van der Waals surface area contributed by atoms with Gasteiger partial charge in [0.1, 0.15) is 5.82 Å². The van der Waals surface area contributed by atoms with Crippen LogP contribution in [0.25, 0.3) is 0 Å². The van der Waals surface area contributed by atoms with Crippen LogP contribution in [-0.2, 0) is 11.3 Å². The van der Waals surface area contributed by atoms with Crippen molar-refractivity contribution in [3.63, 3.8) is 0 Å². The third kappa shape index (κ3) is 3.49. The first kappa shape index (κ1) is 13.8. The van der Waals surface area contributed by atoms with Gasteiger partial charge in [0.15, 0.2) is 0 Å². The molecule has 3 rings (SSSR count). The second-order valence-corrected chi connectivity index (χ2v) is 6.29. The maximum Gasteiger partial charge on any atom is 0.129 e. The predicted octanol–water partition coefficient (Wildman–Crippen LogP) is 2.26. The average molecular weight is 275 g/mol. The minimum absolute atomic E-state index is 0.272. The van der Waals surface area contributed by atoms with Crippen molar-refractivity contribution in [1.82, 2.24) is 10.3 Å². The second kappa shape index (κ2) is 5.70. The summed E-state index contributed by atoms with van der Waals surface area (Å²) in [5.41, 5.74) is 2.44. The molecule has 4 nitrogen and oxygen atoms in total. The Morgan fingerprint density at radius 3 is 2.60 bits per heavy atom. The number of rotatable bonds is 4. The first-order valence-corrected chi connectivity index (χ1v) is 7.71. The molecule has 2 fully saturated rings. The molecule has 2 atom stereocenters. The number of nitrogens with zero attached hydrogens (tertiary/aromatic N) is 2. The summed E-state index contributed by atoms with van der Waals surface area (Å²) in [6, 6.07) is 5.16. The SMILES string of the molecule is Cc1cc(CNC2CC2)cc(N2C[C@@H](C)O[C@@H](C)C2)n1. The Morgan fingerprint density at radius 1 is 1.25 bits per heavy atom. The van der Waals surface area contributed by atoms with Gasteiger partial charge in [0, 0.05) is 31.4 Å². The van der Waals surface area contributed by atoms with E-state index in [0.29, 0.717) is 0 Å². The summed E-state index contributed by atoms with van der Waals surface area (Å²) >= 11 is 0. The number of morpholine rings is 1. The number of pyridine rings is 1. The van der Waals surface area contributed by atoms with Crippen molar-refractivity contribution in [2.45, 2.75) is 58.4 Å². The summed E-state index contributed by atoms with van der Waals surface area (Å²) in [6.07, 6.45) is 3.20. The Hall–Kier alpha value is -1.13. The molecule has 0 radical (unpaired) electrons. The molecular formula is C16H25N3O. The van der Waals surface area contributed by atoms with Crippen LogP contribution >= 0.6 is 0 Å². The fraction of sp³-hybridized carbons (Fsp3) is 0.688. The number of hydrogen-bond acceptors (Lipinski definition) is 4. The van der Waals surface area contributed by atoms with E-state index in [-0.39, 0.29) is 12.2 Å². The molecule has 1 saturated carbocycles. The number of aromatic nitrogens is 1. The van der Waals surface area contributed by atoms with Crippen LogP contribution in [0.1, 0.15) is 37.9 Å². The zero-order valence-electron chi connectivity index (χ0n) is 12.7. The topological polar surface area (TPSA) is 37.4 Å². The molecule has 110 valence electrons. The molecule has 0 aromatic carbocycles. The van der Waals surface area contributed by atoms with E-state index in [9.17, 15) is 0 Å². The molecule has 0 spiro atoms. The molecule has 0 unspecified atom stereocenters. The van der Waals surface area contributed by atoms with E-state index in [0.717, 1.165) is 37.2 Å². The third-order valence-corrected chi connectivity index (χ3v) is 3.92. The fourth-order valence-corrected chi connectivity index (χ4v) is 2.90. The van der Waals surface area contributed by atoms with E-state index in [1.165, 1.54) is 18.4 Å². The zero-order chi connectivity index (χ0) is 14.1. The van der Waals surface area contributed by atoms with Crippen molar-refractivity contribution >= 4 is 5.82 Å². The van der Waals surface area contributed by atoms with Crippen molar-refractivity contribution < 1.29 is 4.74 Å². The summed E-state index contributed by atoms with van der Waals surface area (Å²) < 4.78 is 5.80. The smallest absolute Gasteiger partial charge is 0.129 e. The number of ether oxygens (including phenoxy) is 1. The van der Waals surface area contributed by atoms with Gasteiger partial charge in [-0.15, -0.1) is 0 Å². The summed E-state index contributed by atoms with van der Waals surface area (Å²) in [4.78, 5) is 7.07. The Labute approximate surface area is 121 Å². The average Bonchev–Trinajstić information content (AvgIpc) is 3.18. The lowest BCUT2D eigenvalue weighted by molar-refractivity contribution is -0.00547. The van der Waals surface area contributed by atoms with Crippen LogP contribution in [0, 0.1) is 6.92 Å². The van der Waals surface area contributed by atoms with Crippen molar-refractivity contribution in [2.75, 3.05) is 18.0 Å². The van der Waals surface area contributed by atoms with Gasteiger partial charge in [-0.3, -0.25) is 0 Å². The van der Waals surface area contributed by atoms with Crippen molar-refractivity contribution in [2.24, 2.45) is 0 Å². The van der Waals surface area contributed by atoms with Gasteiger partial charge in [0.2, 0.25) is 0 Å². The second-order valence-electron chi connectivity index (χ2n) is 6.29. The van der Waals surface area contributed by atoms with E-state index in [1.807, 2.05) is 0 Å². The van der Waals surface area contributed by atoms with Crippen molar-refractivity contribution in [1.29, 1.82) is 0 Å². The van der Waals surface area contributed by atoms with Gasteiger partial charge in [-0.1, -0.05) is 0 Å². The first-order valence-electron chi connectivity index (χ1n) is 7.71. The molecule has 1 saturated heterocycles. The Bertz CT molecular complexity index is 463. The lowest BCUT2D eigenvalue weighted by atomic mass is 10.2. The third-order valence-electron chi connectivity index (χ3n) is 3.92. The Morgan fingerprint density at radius 2 is 1.95 bits per heavy atom. The largest absolute Gasteiger partial charge is 0.372 e. The van der Waals surface area contributed by atoms with Crippen LogP contribution < -0.4 is 10.2 Å². The maximum absolute atomic E-state index is 5.80. The van der Waals surface area contributed by atoms with Gasteiger partial charge in [-0.25, -0.2) is 4.98 Å². The molecule has 1 aromatic heterocycles. The van der Waals surface area contributed by atoms with E-state index in [1.54, 1.807) is 0 Å². The van der Waals surface area contributed by atoms with Crippen LogP contribution in [0.4, 0.5) is 5.82 Å². The predicted molar refractivity (Wildman–Crippen MR) is 81.1 cm³/mol. The number of anilines is 1. The number of hydrogen-bond donors (Lipinski definition) is 1. The number of nitrogens with one attached hydrogen (secondary N) is 1. The summed E-state index contributed by atoms with van der Waals surface area (Å²) in [6.45, 7) is 9.16. The van der Waals surface area contributed by atoms with Crippen molar-refractivity contribution in [3.05, 3.63) is 23.4 Å². The van der Waals surface area contributed by atoms with Crippen LogP contribution in [-0.4, -0.2) is 36.3 Å². The lowest BCUT2D eigenvalue weighted by Crippen LogP contribution is -2.46. The summed E-state index contributed by atoms with van der Waals surface area (Å²) in [7, 11) is 0. The molecule has 1 aromatic rings. The van der Waals surface area contributed by atoms with Crippen LogP contribution in [0.15, 0.2) is 12.1 Å². The van der Waals surface area contributed by atoms with Gasteiger partial charge < -0.3 is 15.0 Å². The first-order chi connectivity index (χ1) is 9.60. The van der Waals surface area contributed by atoms with E-state index < -0.39 is 0 Å². The molecule has 20 heavy (non-hydrogen) atoms. The van der Waals surface area contributed by atoms with Gasteiger partial charge in [0.25, 0.3) is 0 Å². The Kier molecular flexibility index (Phi) is 3.94.